The summed E-state index contributed by atoms with van der Waals surface area (Å²) in [6.45, 7) is 13.1. The topological polar surface area (TPSA) is 15.3 Å². The Morgan fingerprint density at radius 2 is 1.74 bits per heavy atom. The van der Waals surface area contributed by atoms with E-state index in [1.807, 2.05) is 0 Å². The first-order valence-electron chi connectivity index (χ1n) is 8.66. The molecule has 2 atom stereocenters. The number of piperazine rings is 1. The van der Waals surface area contributed by atoms with Crippen molar-refractivity contribution in [3.05, 3.63) is 0 Å². The summed E-state index contributed by atoms with van der Waals surface area (Å²) in [7, 11) is 0. The Hall–Kier alpha value is -0.0800. The third-order valence-corrected chi connectivity index (χ3v) is 4.60. The molecule has 1 rings (SSSR count). The van der Waals surface area contributed by atoms with Crippen LogP contribution in [0.25, 0.3) is 0 Å². The smallest absolute Gasteiger partial charge is 0.0244 e. The number of nitrogens with zero attached hydrogens (tertiary/aromatic N) is 1. The summed E-state index contributed by atoms with van der Waals surface area (Å²) >= 11 is 0. The number of hydrogen-bond donors (Lipinski definition) is 1. The van der Waals surface area contributed by atoms with Crippen molar-refractivity contribution in [1.82, 2.24) is 10.2 Å². The zero-order chi connectivity index (χ0) is 14.1. The molecule has 0 aromatic rings. The van der Waals surface area contributed by atoms with Gasteiger partial charge in [-0.25, -0.2) is 0 Å². The predicted molar refractivity (Wildman–Crippen MR) is 85.7 cm³/mol. The van der Waals surface area contributed by atoms with Crippen LogP contribution < -0.4 is 5.32 Å². The third-order valence-electron chi connectivity index (χ3n) is 4.60. The Morgan fingerprint density at radius 3 is 2.37 bits per heavy atom. The summed E-state index contributed by atoms with van der Waals surface area (Å²) in [5.41, 5.74) is 0. The molecule has 1 aliphatic rings. The van der Waals surface area contributed by atoms with Gasteiger partial charge in [-0.1, -0.05) is 59.8 Å². The van der Waals surface area contributed by atoms with E-state index in [2.05, 4.69) is 37.9 Å². The van der Waals surface area contributed by atoms with Crippen LogP contribution in [-0.2, 0) is 0 Å². The van der Waals surface area contributed by atoms with Gasteiger partial charge in [0.05, 0.1) is 0 Å². The molecule has 1 heterocycles. The average molecular weight is 268 g/mol. The Kier molecular flexibility index (Phi) is 8.72. The van der Waals surface area contributed by atoms with Gasteiger partial charge in [-0.15, -0.1) is 0 Å². The first kappa shape index (κ1) is 17.0. The number of hydrogen-bond acceptors (Lipinski definition) is 2. The molecule has 0 aromatic carbocycles. The summed E-state index contributed by atoms with van der Waals surface area (Å²) in [5, 5.41) is 3.71. The molecule has 1 saturated heterocycles. The van der Waals surface area contributed by atoms with Crippen LogP contribution in [0.2, 0.25) is 0 Å². The van der Waals surface area contributed by atoms with E-state index in [1.54, 1.807) is 0 Å². The summed E-state index contributed by atoms with van der Waals surface area (Å²) in [6.07, 6.45) is 9.71. The van der Waals surface area contributed by atoms with Crippen molar-refractivity contribution in [3.63, 3.8) is 0 Å². The van der Waals surface area contributed by atoms with Gasteiger partial charge in [-0.3, -0.25) is 4.90 Å². The van der Waals surface area contributed by atoms with Crippen LogP contribution >= 0.6 is 0 Å². The molecule has 2 unspecified atom stereocenters. The van der Waals surface area contributed by atoms with Crippen LogP contribution in [0, 0.1) is 5.92 Å². The maximum Gasteiger partial charge on any atom is 0.0244 e. The molecule has 0 aliphatic carbocycles. The van der Waals surface area contributed by atoms with Crippen molar-refractivity contribution in [2.24, 2.45) is 5.92 Å². The second-order valence-corrected chi connectivity index (χ2v) is 6.59. The van der Waals surface area contributed by atoms with Gasteiger partial charge in [0.1, 0.15) is 0 Å². The van der Waals surface area contributed by atoms with Gasteiger partial charge in [-0.05, 0) is 25.3 Å². The average Bonchev–Trinajstić information content (AvgIpc) is 2.42. The van der Waals surface area contributed by atoms with E-state index in [0.717, 1.165) is 18.0 Å². The van der Waals surface area contributed by atoms with Crippen molar-refractivity contribution in [3.8, 4) is 0 Å². The highest BCUT2D eigenvalue weighted by Gasteiger charge is 2.28. The zero-order valence-electron chi connectivity index (χ0n) is 13.8. The molecule has 1 N–H and O–H groups in total. The summed E-state index contributed by atoms with van der Waals surface area (Å²) in [5.74, 6) is 0.769. The van der Waals surface area contributed by atoms with Crippen LogP contribution in [0.15, 0.2) is 0 Å². The van der Waals surface area contributed by atoms with Gasteiger partial charge in [0.2, 0.25) is 0 Å². The minimum Gasteiger partial charge on any atom is -0.311 e. The molecular formula is C17H36N2. The van der Waals surface area contributed by atoms with E-state index in [4.69, 9.17) is 0 Å². The second-order valence-electron chi connectivity index (χ2n) is 6.59. The molecule has 2 heteroatoms. The molecule has 0 spiro atoms. The van der Waals surface area contributed by atoms with E-state index in [-0.39, 0.29) is 0 Å². The van der Waals surface area contributed by atoms with Crippen molar-refractivity contribution >= 4 is 0 Å². The molecule has 0 bridgehead atoms. The minimum atomic E-state index is 0.718. The fourth-order valence-corrected chi connectivity index (χ4v) is 3.18. The van der Waals surface area contributed by atoms with E-state index < -0.39 is 0 Å². The summed E-state index contributed by atoms with van der Waals surface area (Å²) in [4.78, 5) is 2.76. The normalized spacial score (nSPS) is 25.1. The molecule has 19 heavy (non-hydrogen) atoms. The predicted octanol–water partition coefficient (Wildman–Crippen LogP) is 4.06. The van der Waals surface area contributed by atoms with Crippen LogP contribution in [0.1, 0.15) is 72.6 Å². The van der Waals surface area contributed by atoms with E-state index in [9.17, 15) is 0 Å². The van der Waals surface area contributed by atoms with Crippen LogP contribution in [-0.4, -0.2) is 36.6 Å². The maximum absolute atomic E-state index is 3.71. The third kappa shape index (κ3) is 6.27. The molecule has 0 aromatic heterocycles. The highest BCUT2D eigenvalue weighted by atomic mass is 15.2. The minimum absolute atomic E-state index is 0.718. The number of nitrogens with one attached hydrogen (secondary N) is 1. The molecule has 0 saturated carbocycles. The van der Waals surface area contributed by atoms with Crippen LogP contribution in [0.5, 0.6) is 0 Å². The molecule has 1 aliphatic heterocycles. The Morgan fingerprint density at radius 1 is 1.05 bits per heavy atom. The molecular weight excluding hydrogens is 232 g/mol. The van der Waals surface area contributed by atoms with Crippen LogP contribution in [0.4, 0.5) is 0 Å². The summed E-state index contributed by atoms with van der Waals surface area (Å²) < 4.78 is 0. The molecule has 1 fully saturated rings. The molecule has 0 amide bonds. The van der Waals surface area contributed by atoms with Crippen molar-refractivity contribution in [2.75, 3.05) is 19.6 Å². The van der Waals surface area contributed by atoms with Gasteiger partial charge in [0.25, 0.3) is 0 Å². The van der Waals surface area contributed by atoms with Crippen LogP contribution in [0.3, 0.4) is 0 Å². The highest BCUT2D eigenvalue weighted by Crippen LogP contribution is 2.17. The monoisotopic (exact) mass is 268 g/mol. The number of rotatable bonds is 9. The van der Waals surface area contributed by atoms with Gasteiger partial charge >= 0.3 is 0 Å². The van der Waals surface area contributed by atoms with Gasteiger partial charge in [0, 0.05) is 25.2 Å². The first-order valence-corrected chi connectivity index (χ1v) is 8.66. The van der Waals surface area contributed by atoms with Crippen molar-refractivity contribution in [1.29, 1.82) is 0 Å². The largest absolute Gasteiger partial charge is 0.311 e. The standard InChI is InChI=1S/C17H36N2/c1-5-7-8-9-10-11-12-19-14-16(6-2)18-13-17(19)15(3)4/h15-18H,5-14H2,1-4H3. The Labute approximate surface area is 121 Å². The van der Waals surface area contributed by atoms with E-state index in [0.29, 0.717) is 0 Å². The van der Waals surface area contributed by atoms with E-state index in [1.165, 1.54) is 64.6 Å². The molecule has 0 radical (unpaired) electrons. The van der Waals surface area contributed by atoms with Gasteiger partial charge in [0.15, 0.2) is 0 Å². The number of unbranched alkanes of at least 4 members (excludes halogenated alkanes) is 5. The quantitative estimate of drug-likeness (QED) is 0.635. The SMILES string of the molecule is CCCCCCCCN1CC(CC)NCC1C(C)C. The second kappa shape index (κ2) is 9.77. The summed E-state index contributed by atoms with van der Waals surface area (Å²) in [6, 6.07) is 1.47. The fourth-order valence-electron chi connectivity index (χ4n) is 3.18. The molecule has 114 valence electrons. The Balaban J connectivity index is 2.25. The van der Waals surface area contributed by atoms with Gasteiger partial charge < -0.3 is 5.32 Å². The lowest BCUT2D eigenvalue weighted by Crippen LogP contribution is -2.58. The van der Waals surface area contributed by atoms with Crippen molar-refractivity contribution < 1.29 is 0 Å². The first-order chi connectivity index (χ1) is 9.19. The lowest BCUT2D eigenvalue weighted by Gasteiger charge is -2.42. The van der Waals surface area contributed by atoms with Crippen molar-refractivity contribution in [2.45, 2.75) is 84.7 Å². The maximum atomic E-state index is 3.71. The Bertz CT molecular complexity index is 215. The highest BCUT2D eigenvalue weighted by molar-refractivity contribution is 4.87. The zero-order valence-corrected chi connectivity index (χ0v) is 13.8. The lowest BCUT2D eigenvalue weighted by atomic mass is 9.97. The fraction of sp³-hybridized carbons (Fsp3) is 1.00. The van der Waals surface area contributed by atoms with E-state index >= 15 is 0 Å². The lowest BCUT2D eigenvalue weighted by molar-refractivity contribution is 0.0952. The van der Waals surface area contributed by atoms with Gasteiger partial charge in [-0.2, -0.15) is 0 Å². The molecule has 2 nitrogen and oxygen atoms in total.